The van der Waals surface area contributed by atoms with Crippen LogP contribution in [0.15, 0.2) is 6.07 Å². The Kier molecular flexibility index (Phi) is 3.35. The van der Waals surface area contributed by atoms with Crippen molar-refractivity contribution in [2.24, 2.45) is 5.41 Å². The van der Waals surface area contributed by atoms with Crippen molar-refractivity contribution in [3.05, 3.63) is 28.3 Å². The molecule has 2 aliphatic carbocycles. The van der Waals surface area contributed by atoms with Crippen LogP contribution >= 0.6 is 0 Å². The molecule has 0 aromatic heterocycles. The zero-order valence-corrected chi connectivity index (χ0v) is 12.8. The van der Waals surface area contributed by atoms with E-state index < -0.39 is 0 Å². The second-order valence-corrected chi connectivity index (χ2v) is 7.40. The van der Waals surface area contributed by atoms with Gasteiger partial charge in [0.05, 0.1) is 6.42 Å². The number of carbonyl (C=O) groups is 1. The fourth-order valence-corrected chi connectivity index (χ4v) is 3.47. The standard InChI is InChI=1S/C18H24O2/c1-18(2,3)11-16(19)20-17-14-8-4-6-12(14)10-13-7-5-9-15(13)17/h10H,4-9,11H2,1-3H3. The van der Waals surface area contributed by atoms with Crippen molar-refractivity contribution in [2.45, 2.75) is 65.7 Å². The fourth-order valence-electron chi connectivity index (χ4n) is 3.47. The monoisotopic (exact) mass is 272 g/mol. The molecule has 2 heteroatoms. The summed E-state index contributed by atoms with van der Waals surface area (Å²) >= 11 is 0. The Hall–Kier alpha value is -1.31. The quantitative estimate of drug-likeness (QED) is 0.600. The van der Waals surface area contributed by atoms with Gasteiger partial charge in [0.15, 0.2) is 0 Å². The Balaban J connectivity index is 1.91. The van der Waals surface area contributed by atoms with Gasteiger partial charge in [-0.15, -0.1) is 0 Å². The van der Waals surface area contributed by atoms with Crippen LogP contribution in [0, 0.1) is 5.41 Å². The highest BCUT2D eigenvalue weighted by atomic mass is 16.5. The summed E-state index contributed by atoms with van der Waals surface area (Å²) < 4.78 is 5.84. The predicted molar refractivity (Wildman–Crippen MR) is 80.2 cm³/mol. The number of esters is 1. The Morgan fingerprint density at radius 1 is 1.05 bits per heavy atom. The van der Waals surface area contributed by atoms with E-state index in [9.17, 15) is 4.79 Å². The summed E-state index contributed by atoms with van der Waals surface area (Å²) in [5.74, 6) is 0.855. The minimum atomic E-state index is -0.0769. The Morgan fingerprint density at radius 3 is 2.10 bits per heavy atom. The summed E-state index contributed by atoms with van der Waals surface area (Å²) in [5.41, 5.74) is 5.45. The lowest BCUT2D eigenvalue weighted by Crippen LogP contribution is -2.19. The first-order valence-electron chi connectivity index (χ1n) is 7.81. The predicted octanol–water partition coefficient (Wildman–Crippen LogP) is 4.01. The zero-order chi connectivity index (χ0) is 14.3. The molecule has 2 nitrogen and oxygen atoms in total. The molecule has 20 heavy (non-hydrogen) atoms. The molecule has 1 aromatic carbocycles. The van der Waals surface area contributed by atoms with Gasteiger partial charge in [0, 0.05) is 0 Å². The van der Waals surface area contributed by atoms with Gasteiger partial charge in [-0.05, 0) is 66.2 Å². The van der Waals surface area contributed by atoms with Crippen LogP contribution in [0.5, 0.6) is 5.75 Å². The van der Waals surface area contributed by atoms with Crippen LogP contribution in [0.25, 0.3) is 0 Å². The highest BCUT2D eigenvalue weighted by molar-refractivity contribution is 5.75. The number of carbonyl (C=O) groups excluding carboxylic acids is 1. The molecule has 0 aliphatic heterocycles. The first kappa shape index (κ1) is 13.7. The minimum Gasteiger partial charge on any atom is -0.426 e. The second kappa shape index (κ2) is 4.91. The zero-order valence-electron chi connectivity index (χ0n) is 12.8. The minimum absolute atomic E-state index is 0.0157. The molecule has 0 atom stereocenters. The number of fused-ring (bicyclic) bond motifs is 2. The van der Waals surface area contributed by atoms with Gasteiger partial charge in [-0.2, -0.15) is 0 Å². The molecule has 108 valence electrons. The molecule has 0 unspecified atom stereocenters. The molecule has 0 N–H and O–H groups in total. The van der Waals surface area contributed by atoms with E-state index in [2.05, 4.69) is 26.8 Å². The molecule has 2 aliphatic rings. The van der Waals surface area contributed by atoms with Crippen molar-refractivity contribution in [3.8, 4) is 5.75 Å². The van der Waals surface area contributed by atoms with Crippen LogP contribution in [0.1, 0.15) is 62.3 Å². The van der Waals surface area contributed by atoms with Crippen molar-refractivity contribution < 1.29 is 9.53 Å². The summed E-state index contributed by atoms with van der Waals surface area (Å²) in [6.07, 6.45) is 7.30. The molecular formula is C18H24O2. The topological polar surface area (TPSA) is 26.3 Å². The molecule has 1 aromatic rings. The van der Waals surface area contributed by atoms with Crippen molar-refractivity contribution >= 4 is 5.97 Å². The summed E-state index contributed by atoms with van der Waals surface area (Å²) in [4.78, 5) is 12.2. The SMILES string of the molecule is CC(C)(C)CC(=O)Oc1c2c(cc3c1CCC3)CCC2. The van der Waals surface area contributed by atoms with E-state index in [1.165, 1.54) is 35.1 Å². The van der Waals surface area contributed by atoms with Gasteiger partial charge in [0.25, 0.3) is 0 Å². The highest BCUT2D eigenvalue weighted by Crippen LogP contribution is 2.40. The van der Waals surface area contributed by atoms with E-state index >= 15 is 0 Å². The Labute approximate surface area is 121 Å². The molecule has 0 saturated heterocycles. The van der Waals surface area contributed by atoms with Gasteiger partial charge in [-0.3, -0.25) is 4.79 Å². The Bertz CT molecular complexity index is 517. The number of ether oxygens (including phenoxy) is 1. The molecular weight excluding hydrogens is 248 g/mol. The second-order valence-electron chi connectivity index (χ2n) is 7.40. The molecule has 0 heterocycles. The third-order valence-corrected chi connectivity index (χ3v) is 4.31. The van der Waals surface area contributed by atoms with E-state index in [4.69, 9.17) is 4.74 Å². The van der Waals surface area contributed by atoms with Gasteiger partial charge in [-0.25, -0.2) is 0 Å². The van der Waals surface area contributed by atoms with E-state index in [0.717, 1.165) is 31.4 Å². The average Bonchev–Trinajstić information content (AvgIpc) is 2.93. The largest absolute Gasteiger partial charge is 0.426 e. The van der Waals surface area contributed by atoms with Gasteiger partial charge in [0.2, 0.25) is 0 Å². The summed E-state index contributed by atoms with van der Waals surface area (Å²) in [6.45, 7) is 6.23. The molecule has 0 fully saturated rings. The van der Waals surface area contributed by atoms with Crippen molar-refractivity contribution in [1.82, 2.24) is 0 Å². The normalized spacial score (nSPS) is 16.9. The van der Waals surface area contributed by atoms with Crippen molar-refractivity contribution in [2.75, 3.05) is 0 Å². The third-order valence-electron chi connectivity index (χ3n) is 4.31. The smallest absolute Gasteiger partial charge is 0.311 e. The summed E-state index contributed by atoms with van der Waals surface area (Å²) in [7, 11) is 0. The maximum absolute atomic E-state index is 12.2. The van der Waals surface area contributed by atoms with Gasteiger partial charge < -0.3 is 4.74 Å². The first-order valence-corrected chi connectivity index (χ1v) is 7.81. The van der Waals surface area contributed by atoms with Crippen LogP contribution in [-0.4, -0.2) is 5.97 Å². The summed E-state index contributed by atoms with van der Waals surface area (Å²) in [5, 5.41) is 0. The van der Waals surface area contributed by atoms with Crippen molar-refractivity contribution in [1.29, 1.82) is 0 Å². The lowest BCUT2D eigenvalue weighted by molar-refractivity contribution is -0.136. The van der Waals surface area contributed by atoms with Crippen LogP contribution in [0.2, 0.25) is 0 Å². The van der Waals surface area contributed by atoms with Crippen LogP contribution in [-0.2, 0) is 30.5 Å². The summed E-state index contributed by atoms with van der Waals surface area (Å²) in [6, 6.07) is 2.37. The average molecular weight is 272 g/mol. The van der Waals surface area contributed by atoms with Crippen LogP contribution < -0.4 is 4.74 Å². The van der Waals surface area contributed by atoms with E-state index in [1.807, 2.05) is 0 Å². The van der Waals surface area contributed by atoms with Gasteiger partial charge in [0.1, 0.15) is 5.75 Å². The number of benzene rings is 1. The van der Waals surface area contributed by atoms with E-state index in [-0.39, 0.29) is 11.4 Å². The lowest BCUT2D eigenvalue weighted by Gasteiger charge is -2.19. The first-order chi connectivity index (χ1) is 9.44. The number of hydrogen-bond acceptors (Lipinski definition) is 2. The van der Waals surface area contributed by atoms with Gasteiger partial charge >= 0.3 is 5.97 Å². The lowest BCUT2D eigenvalue weighted by atomic mass is 9.92. The van der Waals surface area contributed by atoms with Crippen molar-refractivity contribution in [3.63, 3.8) is 0 Å². The molecule has 0 spiro atoms. The van der Waals surface area contributed by atoms with E-state index in [1.54, 1.807) is 0 Å². The molecule has 0 radical (unpaired) electrons. The van der Waals surface area contributed by atoms with Gasteiger partial charge in [-0.1, -0.05) is 26.8 Å². The Morgan fingerprint density at radius 2 is 1.60 bits per heavy atom. The molecule has 0 bridgehead atoms. The molecule has 3 rings (SSSR count). The maximum Gasteiger partial charge on any atom is 0.311 e. The van der Waals surface area contributed by atoms with E-state index in [0.29, 0.717) is 6.42 Å². The number of aryl methyl sites for hydroxylation is 2. The van der Waals surface area contributed by atoms with Crippen LogP contribution in [0.4, 0.5) is 0 Å². The fraction of sp³-hybridized carbons (Fsp3) is 0.611. The third kappa shape index (κ3) is 2.61. The highest BCUT2D eigenvalue weighted by Gasteiger charge is 2.27. The maximum atomic E-state index is 12.2. The molecule has 0 amide bonds. The van der Waals surface area contributed by atoms with Crippen LogP contribution in [0.3, 0.4) is 0 Å². The number of hydrogen-bond donors (Lipinski definition) is 0. The number of rotatable bonds is 2. The molecule has 0 saturated carbocycles.